The van der Waals surface area contributed by atoms with Crippen molar-refractivity contribution >= 4 is 27.7 Å². The first-order valence-electron chi connectivity index (χ1n) is 4.57. The molecular weight excluding hydrogens is 265 g/mol. The predicted octanol–water partition coefficient (Wildman–Crippen LogP) is 3.31. The van der Waals surface area contributed by atoms with Crippen molar-refractivity contribution in [2.75, 3.05) is 12.3 Å². The summed E-state index contributed by atoms with van der Waals surface area (Å²) in [6.45, 7) is 1.05. The van der Waals surface area contributed by atoms with Gasteiger partial charge < -0.3 is 5.32 Å². The minimum absolute atomic E-state index is 0.199. The first kappa shape index (κ1) is 10.5. The van der Waals surface area contributed by atoms with Crippen molar-refractivity contribution in [1.29, 1.82) is 0 Å². The second kappa shape index (κ2) is 4.64. The van der Waals surface area contributed by atoms with Crippen LogP contribution in [-0.4, -0.2) is 12.3 Å². The molecule has 1 fully saturated rings. The van der Waals surface area contributed by atoms with E-state index in [0.29, 0.717) is 9.85 Å². The van der Waals surface area contributed by atoms with Gasteiger partial charge in [0.05, 0.1) is 9.85 Å². The van der Waals surface area contributed by atoms with Crippen molar-refractivity contribution < 1.29 is 4.39 Å². The van der Waals surface area contributed by atoms with Crippen molar-refractivity contribution in [2.24, 2.45) is 0 Å². The molecule has 0 amide bonds. The highest BCUT2D eigenvalue weighted by Gasteiger charge is 2.15. The summed E-state index contributed by atoms with van der Waals surface area (Å²) in [5.41, 5.74) is 1.14. The van der Waals surface area contributed by atoms with Crippen LogP contribution in [-0.2, 0) is 0 Å². The summed E-state index contributed by atoms with van der Waals surface area (Å²) < 4.78 is 13.5. The molecule has 1 aliphatic heterocycles. The lowest BCUT2D eigenvalue weighted by atomic mass is 10.2. The SMILES string of the molecule is Fc1ccc(C2NCCCS2)cc1Br. The Morgan fingerprint density at radius 3 is 3.00 bits per heavy atom. The second-order valence-electron chi connectivity index (χ2n) is 3.23. The number of nitrogens with one attached hydrogen (secondary N) is 1. The molecule has 1 saturated heterocycles. The van der Waals surface area contributed by atoms with Crippen LogP contribution in [0, 0.1) is 5.82 Å². The third kappa shape index (κ3) is 2.30. The molecule has 1 aromatic rings. The molecule has 14 heavy (non-hydrogen) atoms. The lowest BCUT2D eigenvalue weighted by molar-refractivity contribution is 0.614. The van der Waals surface area contributed by atoms with Crippen LogP contribution in [0.2, 0.25) is 0 Å². The molecule has 0 radical (unpaired) electrons. The van der Waals surface area contributed by atoms with Crippen molar-refractivity contribution in [3.8, 4) is 0 Å². The van der Waals surface area contributed by atoms with Gasteiger partial charge in [-0.3, -0.25) is 0 Å². The van der Waals surface area contributed by atoms with E-state index in [4.69, 9.17) is 0 Å². The second-order valence-corrected chi connectivity index (χ2v) is 5.30. The molecular formula is C10H11BrFNS. The van der Waals surface area contributed by atoms with Gasteiger partial charge in [-0.15, -0.1) is 11.8 Å². The molecule has 0 aliphatic carbocycles. The van der Waals surface area contributed by atoms with Crippen LogP contribution in [0.5, 0.6) is 0 Å². The molecule has 1 atom stereocenters. The van der Waals surface area contributed by atoms with E-state index in [1.807, 2.05) is 23.9 Å². The Kier molecular flexibility index (Phi) is 3.47. The molecule has 1 N–H and O–H groups in total. The quantitative estimate of drug-likeness (QED) is 0.844. The zero-order valence-electron chi connectivity index (χ0n) is 7.59. The Hall–Kier alpha value is -0.0600. The molecule has 0 bridgehead atoms. The molecule has 1 nitrogen and oxygen atoms in total. The van der Waals surface area contributed by atoms with Gasteiger partial charge in [-0.25, -0.2) is 4.39 Å². The largest absolute Gasteiger partial charge is 0.302 e. The summed E-state index contributed by atoms with van der Waals surface area (Å²) in [6, 6.07) is 5.21. The molecule has 4 heteroatoms. The van der Waals surface area contributed by atoms with Gasteiger partial charge in [-0.05, 0) is 52.3 Å². The highest BCUT2D eigenvalue weighted by Crippen LogP contribution is 2.31. The van der Waals surface area contributed by atoms with Crippen molar-refractivity contribution in [3.63, 3.8) is 0 Å². The maximum Gasteiger partial charge on any atom is 0.137 e. The lowest BCUT2D eigenvalue weighted by Gasteiger charge is -2.23. The van der Waals surface area contributed by atoms with Gasteiger partial charge in [-0.2, -0.15) is 0 Å². The zero-order chi connectivity index (χ0) is 9.97. The van der Waals surface area contributed by atoms with E-state index < -0.39 is 0 Å². The summed E-state index contributed by atoms with van der Waals surface area (Å²) >= 11 is 5.08. The maximum atomic E-state index is 13.0. The summed E-state index contributed by atoms with van der Waals surface area (Å²) in [5.74, 6) is 0.974. The Labute approximate surface area is 95.6 Å². The van der Waals surface area contributed by atoms with E-state index in [1.54, 1.807) is 0 Å². The molecule has 76 valence electrons. The summed E-state index contributed by atoms with van der Waals surface area (Å²) in [6.07, 6.45) is 1.21. The van der Waals surface area contributed by atoms with Gasteiger partial charge in [0.2, 0.25) is 0 Å². The molecule has 0 aromatic heterocycles. The minimum Gasteiger partial charge on any atom is -0.302 e. The monoisotopic (exact) mass is 275 g/mol. The third-order valence-corrected chi connectivity index (χ3v) is 4.09. The summed E-state index contributed by atoms with van der Waals surface area (Å²) in [7, 11) is 0. The average molecular weight is 276 g/mol. The van der Waals surface area contributed by atoms with Crippen molar-refractivity contribution in [2.45, 2.75) is 11.8 Å². The number of hydrogen-bond donors (Lipinski definition) is 1. The van der Waals surface area contributed by atoms with Crippen LogP contribution >= 0.6 is 27.7 Å². The van der Waals surface area contributed by atoms with E-state index in [9.17, 15) is 4.39 Å². The van der Waals surface area contributed by atoms with E-state index in [-0.39, 0.29) is 5.82 Å². The van der Waals surface area contributed by atoms with Crippen LogP contribution in [0.25, 0.3) is 0 Å². The Bertz CT molecular complexity index is 326. The van der Waals surface area contributed by atoms with Crippen molar-refractivity contribution in [1.82, 2.24) is 5.32 Å². The normalized spacial score (nSPS) is 22.3. The van der Waals surface area contributed by atoms with Gasteiger partial charge in [0.15, 0.2) is 0 Å². The van der Waals surface area contributed by atoms with E-state index in [2.05, 4.69) is 21.2 Å². The Balaban J connectivity index is 2.18. The van der Waals surface area contributed by atoms with Crippen LogP contribution in [0.3, 0.4) is 0 Å². The molecule has 1 aliphatic rings. The fourth-order valence-electron chi connectivity index (χ4n) is 1.45. The van der Waals surface area contributed by atoms with E-state index in [0.717, 1.165) is 12.1 Å². The first-order chi connectivity index (χ1) is 6.77. The molecule has 1 unspecified atom stereocenters. The topological polar surface area (TPSA) is 12.0 Å². The summed E-state index contributed by atoms with van der Waals surface area (Å²) in [5, 5.41) is 3.72. The molecule has 1 aromatic carbocycles. The Morgan fingerprint density at radius 2 is 2.36 bits per heavy atom. The zero-order valence-corrected chi connectivity index (χ0v) is 10.00. The lowest BCUT2D eigenvalue weighted by Crippen LogP contribution is -2.25. The number of halogens is 2. The number of benzene rings is 1. The molecule has 0 spiro atoms. The minimum atomic E-state index is -0.199. The van der Waals surface area contributed by atoms with Gasteiger partial charge >= 0.3 is 0 Å². The number of rotatable bonds is 1. The predicted molar refractivity (Wildman–Crippen MR) is 61.9 cm³/mol. The average Bonchev–Trinajstić information content (AvgIpc) is 2.23. The maximum absolute atomic E-state index is 13.0. The number of thioether (sulfide) groups is 1. The third-order valence-electron chi connectivity index (χ3n) is 2.18. The summed E-state index contributed by atoms with van der Waals surface area (Å²) in [4.78, 5) is 0. The Morgan fingerprint density at radius 1 is 1.50 bits per heavy atom. The van der Waals surface area contributed by atoms with Gasteiger partial charge in [0, 0.05) is 0 Å². The van der Waals surface area contributed by atoms with Crippen LogP contribution in [0.15, 0.2) is 22.7 Å². The van der Waals surface area contributed by atoms with E-state index >= 15 is 0 Å². The number of hydrogen-bond acceptors (Lipinski definition) is 2. The van der Waals surface area contributed by atoms with Crippen molar-refractivity contribution in [3.05, 3.63) is 34.1 Å². The van der Waals surface area contributed by atoms with Crippen LogP contribution in [0.4, 0.5) is 4.39 Å². The molecule has 1 heterocycles. The standard InChI is InChI=1S/C10H11BrFNS/c11-8-6-7(2-3-9(8)12)10-13-4-1-5-14-10/h2-3,6,10,13H,1,4-5H2. The van der Waals surface area contributed by atoms with Gasteiger partial charge in [0.25, 0.3) is 0 Å². The molecule has 2 rings (SSSR count). The fraction of sp³-hybridized carbons (Fsp3) is 0.400. The highest BCUT2D eigenvalue weighted by molar-refractivity contribution is 9.10. The van der Waals surface area contributed by atoms with Gasteiger partial charge in [0.1, 0.15) is 5.82 Å². The smallest absolute Gasteiger partial charge is 0.137 e. The van der Waals surface area contributed by atoms with Gasteiger partial charge in [-0.1, -0.05) is 6.07 Å². The first-order valence-corrected chi connectivity index (χ1v) is 6.41. The van der Waals surface area contributed by atoms with E-state index in [1.165, 1.54) is 18.2 Å². The molecule has 0 saturated carbocycles. The van der Waals surface area contributed by atoms with Crippen LogP contribution in [0.1, 0.15) is 17.4 Å². The fourth-order valence-corrected chi connectivity index (χ4v) is 2.97. The van der Waals surface area contributed by atoms with Crippen LogP contribution < -0.4 is 5.32 Å². The highest BCUT2D eigenvalue weighted by atomic mass is 79.9.